The number of aromatic nitrogens is 3. The molecule has 0 bridgehead atoms. The molecule has 1 aliphatic heterocycles. The molecule has 1 saturated heterocycles. The predicted molar refractivity (Wildman–Crippen MR) is 130 cm³/mol. The number of benzene rings is 2. The fraction of sp³-hybridized carbons (Fsp3) is 0.217. The summed E-state index contributed by atoms with van der Waals surface area (Å²) in [7, 11) is 2.14. The van der Waals surface area contributed by atoms with Crippen LogP contribution in [0.1, 0.15) is 0 Å². The number of aromatic amines is 1. The fourth-order valence-electron chi connectivity index (χ4n) is 3.88. The number of nitro groups is 1. The van der Waals surface area contributed by atoms with Gasteiger partial charge in [-0.15, -0.1) is 0 Å². The van der Waals surface area contributed by atoms with Crippen molar-refractivity contribution in [3.05, 3.63) is 71.0 Å². The number of fused-ring (bicyclic) bond motifs is 1. The molecule has 3 N–H and O–H groups in total. The lowest BCUT2D eigenvalue weighted by atomic mass is 10.2. The second-order valence-corrected chi connectivity index (χ2v) is 8.05. The quantitative estimate of drug-likeness (QED) is 0.301. The van der Waals surface area contributed by atoms with E-state index >= 15 is 0 Å². The topological polar surface area (TPSA) is 115 Å². The summed E-state index contributed by atoms with van der Waals surface area (Å²) in [6, 6.07) is 15.6. The summed E-state index contributed by atoms with van der Waals surface area (Å²) < 4.78 is 0. The molecule has 3 heterocycles. The van der Waals surface area contributed by atoms with Crippen LogP contribution in [0, 0.1) is 10.1 Å². The number of nitrogens with zero attached hydrogens (tertiary/aromatic N) is 5. The zero-order valence-electron chi connectivity index (χ0n) is 18.2. The Labute approximate surface area is 190 Å². The Kier molecular flexibility index (Phi) is 5.49. The zero-order chi connectivity index (χ0) is 22.8. The highest BCUT2D eigenvalue weighted by molar-refractivity contribution is 5.84. The number of anilines is 5. The van der Waals surface area contributed by atoms with Gasteiger partial charge in [0.25, 0.3) is 0 Å². The van der Waals surface area contributed by atoms with Crippen LogP contribution >= 0.6 is 0 Å². The molecule has 0 amide bonds. The van der Waals surface area contributed by atoms with E-state index in [1.54, 1.807) is 0 Å². The lowest BCUT2D eigenvalue weighted by Crippen LogP contribution is -2.44. The summed E-state index contributed by atoms with van der Waals surface area (Å²) in [5.41, 5.74) is 3.47. The van der Waals surface area contributed by atoms with Crippen molar-refractivity contribution in [3.63, 3.8) is 0 Å². The van der Waals surface area contributed by atoms with Crippen LogP contribution in [0.4, 0.5) is 34.5 Å². The Hall–Kier alpha value is -4.18. The summed E-state index contributed by atoms with van der Waals surface area (Å²) in [5, 5.41) is 18.7. The van der Waals surface area contributed by atoms with Gasteiger partial charge in [-0.3, -0.25) is 10.1 Å². The first kappa shape index (κ1) is 20.7. The molecule has 0 spiro atoms. The number of hydrogen-bond donors (Lipinski definition) is 3. The van der Waals surface area contributed by atoms with Crippen molar-refractivity contribution in [3.8, 4) is 0 Å². The minimum Gasteiger partial charge on any atom is -0.369 e. The summed E-state index contributed by atoms with van der Waals surface area (Å²) in [6.45, 7) is 4.09. The molecule has 10 nitrogen and oxygen atoms in total. The maximum absolute atomic E-state index is 11.5. The van der Waals surface area contributed by atoms with Crippen molar-refractivity contribution >= 4 is 45.4 Å². The van der Waals surface area contributed by atoms with Crippen LogP contribution in [0.15, 0.2) is 60.9 Å². The Bertz CT molecular complexity index is 1280. The molecule has 2 aromatic carbocycles. The van der Waals surface area contributed by atoms with Crippen molar-refractivity contribution in [1.82, 2.24) is 19.9 Å². The maximum Gasteiger partial charge on any atom is 0.329 e. The van der Waals surface area contributed by atoms with Crippen molar-refractivity contribution in [2.24, 2.45) is 0 Å². The number of likely N-dealkylation sites (N-methyl/N-ethyl adjacent to an activating group) is 1. The molecule has 5 rings (SSSR count). The first-order valence-corrected chi connectivity index (χ1v) is 10.7. The van der Waals surface area contributed by atoms with Crippen LogP contribution in [-0.2, 0) is 0 Å². The van der Waals surface area contributed by atoms with Gasteiger partial charge in [0.15, 0.2) is 0 Å². The van der Waals surface area contributed by atoms with E-state index in [1.165, 1.54) is 11.9 Å². The number of rotatable bonds is 6. The average molecular weight is 444 g/mol. The maximum atomic E-state index is 11.5. The third-order valence-electron chi connectivity index (χ3n) is 5.77. The van der Waals surface area contributed by atoms with Crippen LogP contribution in [-0.4, -0.2) is 58.0 Å². The van der Waals surface area contributed by atoms with Gasteiger partial charge >= 0.3 is 5.69 Å². The summed E-state index contributed by atoms with van der Waals surface area (Å²) in [6.07, 6.45) is 3.06. The van der Waals surface area contributed by atoms with E-state index in [1.807, 2.05) is 42.6 Å². The number of H-pyrrole nitrogens is 1. The van der Waals surface area contributed by atoms with Gasteiger partial charge in [0.1, 0.15) is 6.20 Å². The van der Waals surface area contributed by atoms with Gasteiger partial charge in [0.2, 0.25) is 11.8 Å². The Morgan fingerprint density at radius 1 is 1.00 bits per heavy atom. The first-order valence-electron chi connectivity index (χ1n) is 10.7. The third kappa shape index (κ3) is 4.55. The van der Waals surface area contributed by atoms with E-state index in [9.17, 15) is 10.1 Å². The molecule has 0 unspecified atom stereocenters. The van der Waals surface area contributed by atoms with E-state index in [2.05, 4.69) is 54.6 Å². The summed E-state index contributed by atoms with van der Waals surface area (Å²) in [4.78, 5) is 27.3. The first-order chi connectivity index (χ1) is 16.0. The molecule has 1 aliphatic rings. The van der Waals surface area contributed by atoms with Gasteiger partial charge in [-0.2, -0.15) is 4.98 Å². The second kappa shape index (κ2) is 8.75. The highest BCUT2D eigenvalue weighted by atomic mass is 16.6. The Morgan fingerprint density at radius 2 is 1.76 bits per heavy atom. The Balaban J connectivity index is 1.34. The molecule has 10 heteroatoms. The molecule has 0 aliphatic carbocycles. The van der Waals surface area contributed by atoms with Gasteiger partial charge in [-0.1, -0.05) is 0 Å². The number of piperazine rings is 1. The van der Waals surface area contributed by atoms with Crippen LogP contribution in [0.25, 0.3) is 10.9 Å². The molecule has 4 aromatic rings. The molecular weight excluding hydrogens is 420 g/mol. The summed E-state index contributed by atoms with van der Waals surface area (Å²) >= 11 is 0. The molecule has 0 atom stereocenters. The largest absolute Gasteiger partial charge is 0.369 e. The second-order valence-electron chi connectivity index (χ2n) is 8.05. The monoisotopic (exact) mass is 444 g/mol. The third-order valence-corrected chi connectivity index (χ3v) is 5.77. The highest BCUT2D eigenvalue weighted by Gasteiger charge is 2.18. The SMILES string of the molecule is CN1CCN(c2ccc(Nc3ncc([N+](=O)[O-])c(Nc4ccc5[nH]ccc5c4)n3)cc2)CC1. The smallest absolute Gasteiger partial charge is 0.329 e. The molecular formula is C23H24N8O2. The van der Waals surface area contributed by atoms with E-state index < -0.39 is 4.92 Å². The van der Waals surface area contributed by atoms with E-state index in [-0.39, 0.29) is 17.5 Å². The van der Waals surface area contributed by atoms with Crippen molar-refractivity contribution in [2.75, 3.05) is 48.8 Å². The van der Waals surface area contributed by atoms with E-state index in [4.69, 9.17) is 0 Å². The predicted octanol–water partition coefficient (Wildman–Crippen LogP) is 4.11. The van der Waals surface area contributed by atoms with Gasteiger partial charge in [0, 0.05) is 60.3 Å². The average Bonchev–Trinajstić information content (AvgIpc) is 3.28. The molecule has 2 aromatic heterocycles. The molecule has 0 saturated carbocycles. The molecule has 168 valence electrons. The standard InChI is InChI=1S/C23H24N8O2/c1-29-10-12-30(13-11-29)19-5-2-17(3-6-19)27-23-25-15-21(31(32)33)22(28-23)26-18-4-7-20-16(14-18)8-9-24-20/h2-9,14-15,24H,10-13H2,1H3,(H2,25,26,27,28). The number of nitrogens with one attached hydrogen (secondary N) is 3. The van der Waals surface area contributed by atoms with Crippen LogP contribution < -0.4 is 15.5 Å². The van der Waals surface area contributed by atoms with Gasteiger partial charge < -0.3 is 25.4 Å². The van der Waals surface area contributed by atoms with E-state index in [0.717, 1.165) is 42.8 Å². The lowest BCUT2D eigenvalue weighted by molar-refractivity contribution is -0.384. The fourth-order valence-corrected chi connectivity index (χ4v) is 3.88. The van der Waals surface area contributed by atoms with Crippen LogP contribution in [0.5, 0.6) is 0 Å². The molecule has 33 heavy (non-hydrogen) atoms. The molecule has 0 radical (unpaired) electrons. The zero-order valence-corrected chi connectivity index (χ0v) is 18.2. The minimum atomic E-state index is -0.494. The highest BCUT2D eigenvalue weighted by Crippen LogP contribution is 2.28. The minimum absolute atomic E-state index is 0.126. The van der Waals surface area contributed by atoms with Crippen molar-refractivity contribution in [2.45, 2.75) is 0 Å². The Morgan fingerprint density at radius 3 is 2.52 bits per heavy atom. The van der Waals surface area contributed by atoms with Gasteiger partial charge in [-0.25, -0.2) is 4.98 Å². The van der Waals surface area contributed by atoms with E-state index in [0.29, 0.717) is 5.69 Å². The van der Waals surface area contributed by atoms with Gasteiger partial charge in [0.05, 0.1) is 4.92 Å². The van der Waals surface area contributed by atoms with Crippen molar-refractivity contribution < 1.29 is 4.92 Å². The van der Waals surface area contributed by atoms with Gasteiger partial charge in [-0.05, 0) is 55.6 Å². The summed E-state index contributed by atoms with van der Waals surface area (Å²) in [5.74, 6) is 0.402. The van der Waals surface area contributed by atoms with Crippen molar-refractivity contribution in [1.29, 1.82) is 0 Å². The normalized spacial score (nSPS) is 14.4. The lowest BCUT2D eigenvalue weighted by Gasteiger charge is -2.34. The molecule has 1 fully saturated rings. The van der Waals surface area contributed by atoms with Crippen LogP contribution in [0.3, 0.4) is 0 Å². The van der Waals surface area contributed by atoms with Crippen LogP contribution in [0.2, 0.25) is 0 Å². The number of hydrogen-bond acceptors (Lipinski definition) is 8.